The predicted molar refractivity (Wildman–Crippen MR) is 87.9 cm³/mol. The molecule has 0 atom stereocenters. The third-order valence-corrected chi connectivity index (χ3v) is 3.77. The van der Waals surface area contributed by atoms with Crippen LogP contribution in [0, 0.1) is 5.82 Å². The van der Waals surface area contributed by atoms with E-state index in [0.29, 0.717) is 18.5 Å². The topological polar surface area (TPSA) is 87.3 Å². The molecule has 0 aliphatic rings. The van der Waals surface area contributed by atoms with Gasteiger partial charge in [0.25, 0.3) is 11.8 Å². The molecule has 2 rings (SSSR count). The van der Waals surface area contributed by atoms with Gasteiger partial charge >= 0.3 is 0 Å². The Hall–Kier alpha value is -2.74. The molecular weight excluding hydrogens is 333 g/mol. The summed E-state index contributed by atoms with van der Waals surface area (Å²) in [5.41, 5.74) is 4.79. The van der Waals surface area contributed by atoms with Crippen molar-refractivity contribution in [3.63, 3.8) is 0 Å². The van der Waals surface area contributed by atoms with E-state index in [2.05, 4.69) is 16.2 Å². The van der Waals surface area contributed by atoms with Gasteiger partial charge in [0, 0.05) is 23.9 Å². The molecule has 1 aromatic heterocycles. The van der Waals surface area contributed by atoms with E-state index in [1.54, 1.807) is 16.8 Å². The van der Waals surface area contributed by atoms with Gasteiger partial charge in [-0.3, -0.25) is 25.2 Å². The molecule has 126 valence electrons. The van der Waals surface area contributed by atoms with Gasteiger partial charge < -0.3 is 5.32 Å². The van der Waals surface area contributed by atoms with Crippen molar-refractivity contribution in [3.8, 4) is 0 Å². The zero-order valence-corrected chi connectivity index (χ0v) is 13.5. The van der Waals surface area contributed by atoms with Crippen LogP contribution >= 0.6 is 11.3 Å². The van der Waals surface area contributed by atoms with Crippen LogP contribution in [0.15, 0.2) is 41.1 Å². The second-order valence-electron chi connectivity index (χ2n) is 4.85. The van der Waals surface area contributed by atoms with Crippen molar-refractivity contribution in [2.24, 2.45) is 0 Å². The molecule has 0 aliphatic carbocycles. The maximum atomic E-state index is 13.4. The van der Waals surface area contributed by atoms with Crippen LogP contribution in [0.2, 0.25) is 0 Å². The summed E-state index contributed by atoms with van der Waals surface area (Å²) in [6.45, 7) is 0.337. The number of carbonyl (C=O) groups is 3. The Morgan fingerprint density at radius 3 is 2.54 bits per heavy atom. The number of thiophene rings is 1. The highest BCUT2D eigenvalue weighted by Crippen LogP contribution is 2.06. The summed E-state index contributed by atoms with van der Waals surface area (Å²) in [6, 6.07) is 7.18. The third-order valence-electron chi connectivity index (χ3n) is 3.08. The summed E-state index contributed by atoms with van der Waals surface area (Å²) in [5, 5.41) is 6.23. The van der Waals surface area contributed by atoms with Crippen LogP contribution in [-0.2, 0) is 4.79 Å². The molecule has 6 nitrogen and oxygen atoms in total. The minimum absolute atomic E-state index is 0.113. The van der Waals surface area contributed by atoms with Crippen LogP contribution in [0.1, 0.15) is 33.6 Å². The van der Waals surface area contributed by atoms with Crippen molar-refractivity contribution in [3.05, 3.63) is 58.0 Å². The quantitative estimate of drug-likeness (QED) is 0.549. The van der Waals surface area contributed by atoms with Gasteiger partial charge in [0.05, 0.1) is 5.56 Å². The highest BCUT2D eigenvalue weighted by Gasteiger charge is 2.11. The van der Waals surface area contributed by atoms with E-state index in [4.69, 9.17) is 0 Å². The summed E-state index contributed by atoms with van der Waals surface area (Å²) < 4.78 is 13.4. The smallest absolute Gasteiger partial charge is 0.272 e. The van der Waals surface area contributed by atoms with Crippen LogP contribution in [-0.4, -0.2) is 24.3 Å². The standard InChI is InChI=1S/C16H16FN3O3S/c17-13-5-2-1-4-12(13)16(23)20-19-14(21)6-3-8-18-15(22)11-7-9-24-10-11/h1-2,4-5,7,9-10H,3,6,8H2,(H,18,22)(H,19,21)(H,20,23). The lowest BCUT2D eigenvalue weighted by molar-refractivity contribution is -0.121. The van der Waals surface area contributed by atoms with Gasteiger partial charge in [-0.1, -0.05) is 12.1 Å². The van der Waals surface area contributed by atoms with Crippen molar-refractivity contribution in [1.82, 2.24) is 16.2 Å². The first-order chi connectivity index (χ1) is 11.6. The molecule has 0 aliphatic heterocycles. The molecule has 0 radical (unpaired) electrons. The first-order valence-corrected chi connectivity index (χ1v) is 8.16. The van der Waals surface area contributed by atoms with Crippen LogP contribution in [0.25, 0.3) is 0 Å². The summed E-state index contributed by atoms with van der Waals surface area (Å²) in [7, 11) is 0. The molecule has 2 aromatic rings. The number of hydrogen-bond acceptors (Lipinski definition) is 4. The number of benzene rings is 1. The highest BCUT2D eigenvalue weighted by molar-refractivity contribution is 7.08. The largest absolute Gasteiger partial charge is 0.352 e. The number of rotatable bonds is 6. The summed E-state index contributed by atoms with van der Waals surface area (Å²) in [4.78, 5) is 35.0. The summed E-state index contributed by atoms with van der Waals surface area (Å²) in [5.74, 6) is -2.01. The number of halogens is 1. The third kappa shape index (κ3) is 5.17. The number of carbonyl (C=O) groups excluding carboxylic acids is 3. The number of nitrogens with one attached hydrogen (secondary N) is 3. The van der Waals surface area contributed by atoms with E-state index >= 15 is 0 Å². The average Bonchev–Trinajstić information content (AvgIpc) is 3.11. The lowest BCUT2D eigenvalue weighted by Gasteiger charge is -2.08. The molecule has 0 spiro atoms. The van der Waals surface area contributed by atoms with Crippen LogP contribution in [0.5, 0.6) is 0 Å². The number of hydrazine groups is 1. The Morgan fingerprint density at radius 2 is 1.83 bits per heavy atom. The Morgan fingerprint density at radius 1 is 1.04 bits per heavy atom. The molecule has 0 bridgehead atoms. The first kappa shape index (κ1) is 17.6. The van der Waals surface area contributed by atoms with E-state index < -0.39 is 17.6 Å². The van der Waals surface area contributed by atoms with Gasteiger partial charge in [-0.25, -0.2) is 4.39 Å². The van der Waals surface area contributed by atoms with E-state index in [0.717, 1.165) is 6.07 Å². The van der Waals surface area contributed by atoms with Crippen molar-refractivity contribution >= 4 is 29.1 Å². The monoisotopic (exact) mass is 349 g/mol. The van der Waals surface area contributed by atoms with E-state index in [9.17, 15) is 18.8 Å². The highest BCUT2D eigenvalue weighted by atomic mass is 32.1. The average molecular weight is 349 g/mol. The molecule has 0 fully saturated rings. The van der Waals surface area contributed by atoms with Gasteiger partial charge in [-0.05, 0) is 30.0 Å². The predicted octanol–water partition coefficient (Wildman–Crippen LogP) is 1.86. The molecule has 0 unspecified atom stereocenters. The van der Waals surface area contributed by atoms with Gasteiger partial charge in [0.1, 0.15) is 5.82 Å². The Balaban J connectivity index is 1.64. The van der Waals surface area contributed by atoms with Gasteiger partial charge in [0.15, 0.2) is 0 Å². The number of amides is 3. The molecular formula is C16H16FN3O3S. The maximum Gasteiger partial charge on any atom is 0.272 e. The van der Waals surface area contributed by atoms with Crippen LogP contribution in [0.4, 0.5) is 4.39 Å². The minimum Gasteiger partial charge on any atom is -0.352 e. The molecule has 1 heterocycles. The Labute approximate surface area is 142 Å². The summed E-state index contributed by atoms with van der Waals surface area (Å²) in [6.07, 6.45) is 0.527. The minimum atomic E-state index is -0.729. The lowest BCUT2D eigenvalue weighted by atomic mass is 10.2. The summed E-state index contributed by atoms with van der Waals surface area (Å²) >= 11 is 1.43. The first-order valence-electron chi connectivity index (χ1n) is 7.22. The Bertz CT molecular complexity index is 719. The zero-order valence-electron chi connectivity index (χ0n) is 12.7. The molecule has 0 saturated carbocycles. The molecule has 0 saturated heterocycles. The van der Waals surface area contributed by atoms with Crippen molar-refractivity contribution in [2.75, 3.05) is 6.54 Å². The second-order valence-corrected chi connectivity index (χ2v) is 5.63. The van der Waals surface area contributed by atoms with Gasteiger partial charge in [-0.2, -0.15) is 11.3 Å². The zero-order chi connectivity index (χ0) is 17.4. The maximum absolute atomic E-state index is 13.4. The van der Waals surface area contributed by atoms with Gasteiger partial charge in [0.2, 0.25) is 5.91 Å². The molecule has 3 amide bonds. The van der Waals surface area contributed by atoms with E-state index in [1.807, 2.05) is 0 Å². The Kier molecular flexibility index (Phi) is 6.44. The second kappa shape index (κ2) is 8.78. The SMILES string of the molecule is O=C(CCCNC(=O)c1ccsc1)NNC(=O)c1ccccc1F. The van der Waals surface area contributed by atoms with Crippen molar-refractivity contribution < 1.29 is 18.8 Å². The molecule has 24 heavy (non-hydrogen) atoms. The fourth-order valence-electron chi connectivity index (χ4n) is 1.85. The van der Waals surface area contributed by atoms with Crippen LogP contribution < -0.4 is 16.2 Å². The van der Waals surface area contributed by atoms with Crippen molar-refractivity contribution in [2.45, 2.75) is 12.8 Å². The lowest BCUT2D eigenvalue weighted by Crippen LogP contribution is -2.42. The van der Waals surface area contributed by atoms with E-state index in [-0.39, 0.29) is 17.9 Å². The van der Waals surface area contributed by atoms with Gasteiger partial charge in [-0.15, -0.1) is 0 Å². The van der Waals surface area contributed by atoms with E-state index in [1.165, 1.54) is 29.5 Å². The normalized spacial score (nSPS) is 10.0. The number of hydrogen-bond donors (Lipinski definition) is 3. The fraction of sp³-hybridized carbons (Fsp3) is 0.188. The molecule has 3 N–H and O–H groups in total. The van der Waals surface area contributed by atoms with Crippen LogP contribution in [0.3, 0.4) is 0 Å². The molecule has 8 heteroatoms. The molecule has 1 aromatic carbocycles. The van der Waals surface area contributed by atoms with Crippen molar-refractivity contribution in [1.29, 1.82) is 0 Å². The fourth-order valence-corrected chi connectivity index (χ4v) is 2.48.